The number of nitrogens with zero attached hydrogens (tertiary/aromatic N) is 2. The molecular weight excluding hydrogens is 437 g/mol. The van der Waals surface area contributed by atoms with Gasteiger partial charge in [-0.25, -0.2) is 0 Å². The molecule has 2 aromatic carbocycles. The second-order valence-corrected chi connectivity index (χ2v) is 7.97. The third-order valence-corrected chi connectivity index (χ3v) is 5.44. The topological polar surface area (TPSA) is 100 Å². The van der Waals surface area contributed by atoms with Crippen molar-refractivity contribution in [3.63, 3.8) is 0 Å². The number of carboxylic acid groups (broad SMARTS) is 1. The van der Waals surface area contributed by atoms with Gasteiger partial charge in [-0.15, -0.1) is 5.10 Å². The summed E-state index contributed by atoms with van der Waals surface area (Å²) < 4.78 is 5.71. The Balaban J connectivity index is 1.54. The third kappa shape index (κ3) is 6.22. The Kier molecular flexibility index (Phi) is 7.13. The number of aliphatic carboxylic acids is 1. The number of amides is 1. The van der Waals surface area contributed by atoms with Crippen LogP contribution < -0.4 is 10.1 Å². The number of hydrogen-bond acceptors (Lipinski definition) is 6. The van der Waals surface area contributed by atoms with Crippen molar-refractivity contribution in [1.29, 1.82) is 0 Å². The van der Waals surface area contributed by atoms with Gasteiger partial charge in [0, 0.05) is 15.6 Å². The van der Waals surface area contributed by atoms with Gasteiger partial charge in [0.15, 0.2) is 5.17 Å². The maximum absolute atomic E-state index is 11.6. The SMILES string of the molecule is O=C(O)CC1SC(=NN=Cc2ccc(OCc3ccc(Cl)cc3Cl)cc2)NC1=O. The fourth-order valence-electron chi connectivity index (χ4n) is 2.34. The second kappa shape index (κ2) is 9.78. The summed E-state index contributed by atoms with van der Waals surface area (Å²) >= 11 is 13.0. The Bertz CT molecular complexity index is 980. The highest BCUT2D eigenvalue weighted by Crippen LogP contribution is 2.23. The van der Waals surface area contributed by atoms with Crippen molar-refractivity contribution < 1.29 is 19.4 Å². The minimum absolute atomic E-state index is 0.262. The summed E-state index contributed by atoms with van der Waals surface area (Å²) in [5.41, 5.74) is 1.61. The minimum Gasteiger partial charge on any atom is -0.489 e. The lowest BCUT2D eigenvalue weighted by Gasteiger charge is -2.08. The molecule has 0 bridgehead atoms. The van der Waals surface area contributed by atoms with Crippen molar-refractivity contribution in [2.75, 3.05) is 0 Å². The number of thioether (sulfide) groups is 1. The van der Waals surface area contributed by atoms with Gasteiger partial charge in [-0.3, -0.25) is 9.59 Å². The van der Waals surface area contributed by atoms with Crippen LogP contribution in [-0.2, 0) is 16.2 Å². The molecule has 0 spiro atoms. The number of hydrogen-bond donors (Lipinski definition) is 2. The molecule has 3 rings (SSSR count). The zero-order chi connectivity index (χ0) is 20.8. The van der Waals surface area contributed by atoms with Crippen molar-refractivity contribution in [3.8, 4) is 5.75 Å². The van der Waals surface area contributed by atoms with Crippen molar-refractivity contribution in [3.05, 3.63) is 63.6 Å². The predicted molar refractivity (Wildman–Crippen MR) is 114 cm³/mol. The van der Waals surface area contributed by atoms with Gasteiger partial charge in [-0.2, -0.15) is 5.10 Å². The number of amidine groups is 1. The van der Waals surface area contributed by atoms with E-state index >= 15 is 0 Å². The Morgan fingerprint density at radius 2 is 2.00 bits per heavy atom. The molecule has 1 aliphatic heterocycles. The van der Waals surface area contributed by atoms with Crippen LogP contribution in [0.1, 0.15) is 17.5 Å². The van der Waals surface area contributed by atoms with E-state index in [4.69, 9.17) is 33.0 Å². The van der Waals surface area contributed by atoms with Gasteiger partial charge >= 0.3 is 5.97 Å². The minimum atomic E-state index is -1.04. The number of carbonyl (C=O) groups is 2. The summed E-state index contributed by atoms with van der Waals surface area (Å²) in [5, 5.41) is 19.8. The highest BCUT2D eigenvalue weighted by atomic mass is 35.5. The molecule has 1 amide bonds. The Morgan fingerprint density at radius 3 is 2.69 bits per heavy atom. The molecule has 0 aromatic heterocycles. The lowest BCUT2D eigenvalue weighted by molar-refractivity contribution is -0.138. The average Bonchev–Trinajstić information content (AvgIpc) is 3.01. The molecule has 0 aliphatic carbocycles. The maximum Gasteiger partial charge on any atom is 0.305 e. The van der Waals surface area contributed by atoms with Crippen LogP contribution in [0.2, 0.25) is 10.0 Å². The zero-order valence-corrected chi connectivity index (χ0v) is 17.2. The monoisotopic (exact) mass is 451 g/mol. The summed E-state index contributed by atoms with van der Waals surface area (Å²) in [6.45, 7) is 0.311. The van der Waals surface area contributed by atoms with Crippen molar-refractivity contribution in [1.82, 2.24) is 5.32 Å². The molecule has 1 aliphatic rings. The normalized spacial score (nSPS) is 17.7. The fourth-order valence-corrected chi connectivity index (χ4v) is 3.72. The van der Waals surface area contributed by atoms with E-state index in [1.54, 1.807) is 36.4 Å². The summed E-state index contributed by atoms with van der Waals surface area (Å²) in [5.74, 6) is -0.758. The van der Waals surface area contributed by atoms with E-state index in [1.807, 2.05) is 6.07 Å². The predicted octanol–water partition coefficient (Wildman–Crippen LogP) is 3.97. The van der Waals surface area contributed by atoms with Crippen molar-refractivity contribution >= 4 is 58.2 Å². The van der Waals surface area contributed by atoms with Gasteiger partial charge in [-0.05, 0) is 42.0 Å². The lowest BCUT2D eigenvalue weighted by atomic mass is 10.2. The molecule has 2 N–H and O–H groups in total. The highest BCUT2D eigenvalue weighted by Gasteiger charge is 2.32. The number of halogens is 2. The molecule has 1 heterocycles. The smallest absolute Gasteiger partial charge is 0.305 e. The van der Waals surface area contributed by atoms with Crippen LogP contribution in [0.3, 0.4) is 0 Å². The van der Waals surface area contributed by atoms with Gasteiger partial charge in [0.25, 0.3) is 0 Å². The maximum atomic E-state index is 11.6. The lowest BCUT2D eigenvalue weighted by Crippen LogP contribution is -2.26. The van der Waals surface area contributed by atoms with Crippen LogP contribution in [0.15, 0.2) is 52.7 Å². The first kappa shape index (κ1) is 21.2. The van der Waals surface area contributed by atoms with Crippen LogP contribution in [0.4, 0.5) is 0 Å². The first-order valence-corrected chi connectivity index (χ1v) is 10.0. The van der Waals surface area contributed by atoms with Gasteiger partial charge in [0.1, 0.15) is 17.6 Å². The van der Waals surface area contributed by atoms with Crippen LogP contribution in [-0.4, -0.2) is 33.6 Å². The molecule has 1 atom stereocenters. The van der Waals surface area contributed by atoms with Gasteiger partial charge in [-0.1, -0.05) is 41.0 Å². The molecule has 7 nitrogen and oxygen atoms in total. The Labute approximate surface area is 180 Å². The Morgan fingerprint density at radius 1 is 1.24 bits per heavy atom. The first-order valence-electron chi connectivity index (χ1n) is 8.38. The molecule has 10 heteroatoms. The van der Waals surface area contributed by atoms with E-state index in [1.165, 1.54) is 6.21 Å². The van der Waals surface area contributed by atoms with Crippen molar-refractivity contribution in [2.24, 2.45) is 10.2 Å². The van der Waals surface area contributed by atoms with E-state index < -0.39 is 11.2 Å². The van der Waals surface area contributed by atoms with Crippen LogP contribution in [0.5, 0.6) is 5.75 Å². The number of ether oxygens (including phenoxy) is 1. The molecule has 1 fully saturated rings. The molecule has 0 radical (unpaired) electrons. The molecule has 0 saturated carbocycles. The summed E-state index contributed by atoms with van der Waals surface area (Å²) in [7, 11) is 0. The summed E-state index contributed by atoms with van der Waals surface area (Å²) in [4.78, 5) is 22.3. The molecule has 1 unspecified atom stereocenters. The average molecular weight is 452 g/mol. The third-order valence-electron chi connectivity index (χ3n) is 3.78. The second-order valence-electron chi connectivity index (χ2n) is 5.94. The van der Waals surface area contributed by atoms with Gasteiger partial charge < -0.3 is 15.2 Å². The van der Waals surface area contributed by atoms with Crippen LogP contribution in [0.25, 0.3) is 0 Å². The van der Waals surface area contributed by atoms with Crippen molar-refractivity contribution in [2.45, 2.75) is 18.3 Å². The largest absolute Gasteiger partial charge is 0.489 e. The van der Waals surface area contributed by atoms with E-state index in [-0.39, 0.29) is 17.5 Å². The van der Waals surface area contributed by atoms with Gasteiger partial charge in [0.05, 0.1) is 12.6 Å². The number of rotatable bonds is 7. The first-order chi connectivity index (χ1) is 13.9. The number of carboxylic acids is 1. The molecule has 1 saturated heterocycles. The molecular formula is C19H15Cl2N3O4S. The Hall–Kier alpha value is -2.55. The highest BCUT2D eigenvalue weighted by molar-refractivity contribution is 8.15. The van der Waals surface area contributed by atoms with E-state index in [0.717, 1.165) is 22.9 Å². The number of nitrogens with one attached hydrogen (secondary N) is 1. The number of benzene rings is 2. The van der Waals surface area contributed by atoms with E-state index in [0.29, 0.717) is 22.4 Å². The summed E-state index contributed by atoms with van der Waals surface area (Å²) in [6.07, 6.45) is 1.26. The number of carbonyl (C=O) groups excluding carboxylic acids is 1. The zero-order valence-electron chi connectivity index (χ0n) is 14.8. The molecule has 150 valence electrons. The molecule has 29 heavy (non-hydrogen) atoms. The quantitative estimate of drug-likeness (QED) is 0.489. The summed E-state index contributed by atoms with van der Waals surface area (Å²) in [6, 6.07) is 12.4. The van der Waals surface area contributed by atoms with Crippen LogP contribution in [0, 0.1) is 0 Å². The van der Waals surface area contributed by atoms with Gasteiger partial charge in [0.2, 0.25) is 5.91 Å². The fraction of sp³-hybridized carbons (Fsp3) is 0.158. The molecule has 2 aromatic rings. The van der Waals surface area contributed by atoms with Crippen LogP contribution >= 0.6 is 35.0 Å². The van der Waals surface area contributed by atoms with E-state index in [2.05, 4.69) is 15.5 Å². The van der Waals surface area contributed by atoms with E-state index in [9.17, 15) is 9.59 Å². The standard InChI is InChI=1S/C19H15Cl2N3O4S/c20-13-4-3-12(15(21)7-13)10-28-14-5-1-11(2-6-14)9-22-24-19-23-18(27)16(29-19)8-17(25)26/h1-7,9,16H,8,10H2,(H,25,26)(H,23,24,27).